The van der Waals surface area contributed by atoms with Crippen molar-refractivity contribution in [1.82, 2.24) is 10.2 Å². The van der Waals surface area contributed by atoms with Gasteiger partial charge in [-0.1, -0.05) is 23.7 Å². The lowest BCUT2D eigenvalue weighted by Gasteiger charge is -2.22. The quantitative estimate of drug-likeness (QED) is 0.821. The fourth-order valence-electron chi connectivity index (χ4n) is 2.76. The number of carbonyl (C=O) groups is 2. The third-order valence-electron chi connectivity index (χ3n) is 4.26. The summed E-state index contributed by atoms with van der Waals surface area (Å²) in [6.45, 7) is 1.94. The lowest BCUT2D eigenvalue weighted by molar-refractivity contribution is -0.131. The van der Waals surface area contributed by atoms with E-state index in [1.54, 1.807) is 55.5 Å². The molecule has 1 fully saturated rings. The van der Waals surface area contributed by atoms with E-state index in [0.717, 1.165) is 4.90 Å². The van der Waals surface area contributed by atoms with Gasteiger partial charge in [-0.2, -0.15) is 5.26 Å². The Morgan fingerprint density at radius 3 is 2.42 bits per heavy atom. The maximum absolute atomic E-state index is 12.8. The summed E-state index contributed by atoms with van der Waals surface area (Å²) in [7, 11) is 0. The molecule has 0 aromatic heterocycles. The third kappa shape index (κ3) is 3.35. The van der Waals surface area contributed by atoms with E-state index in [9.17, 15) is 9.59 Å². The monoisotopic (exact) mass is 369 g/mol. The molecule has 1 N–H and O–H groups in total. The van der Waals surface area contributed by atoms with E-state index in [0.29, 0.717) is 21.9 Å². The van der Waals surface area contributed by atoms with Crippen LogP contribution in [-0.4, -0.2) is 30.0 Å². The molecule has 2 aromatic carbocycles. The molecule has 3 amide bonds. The van der Waals surface area contributed by atoms with Crippen molar-refractivity contribution in [2.45, 2.75) is 12.5 Å². The lowest BCUT2D eigenvalue weighted by atomic mass is 9.92. The van der Waals surface area contributed by atoms with Gasteiger partial charge < -0.3 is 10.1 Å². The zero-order valence-electron chi connectivity index (χ0n) is 14.0. The van der Waals surface area contributed by atoms with E-state index in [2.05, 4.69) is 5.32 Å². The van der Waals surface area contributed by atoms with Gasteiger partial charge in [-0.05, 0) is 48.9 Å². The molecule has 1 unspecified atom stereocenters. The van der Waals surface area contributed by atoms with Gasteiger partial charge in [0.15, 0.2) is 0 Å². The molecular formula is C19H16ClN3O3. The Hall–Kier alpha value is -3.04. The summed E-state index contributed by atoms with van der Waals surface area (Å²) in [5, 5.41) is 12.1. The smallest absolute Gasteiger partial charge is 0.325 e. The summed E-state index contributed by atoms with van der Waals surface area (Å²) in [6.07, 6.45) is 0. The first-order valence-electron chi connectivity index (χ1n) is 7.97. The Morgan fingerprint density at radius 1 is 1.15 bits per heavy atom. The molecule has 6 nitrogen and oxygen atoms in total. The largest absolute Gasteiger partial charge is 0.492 e. The van der Waals surface area contributed by atoms with Gasteiger partial charge in [0.05, 0.1) is 18.2 Å². The maximum Gasteiger partial charge on any atom is 0.325 e. The minimum Gasteiger partial charge on any atom is -0.492 e. The summed E-state index contributed by atoms with van der Waals surface area (Å²) < 4.78 is 5.55. The lowest BCUT2D eigenvalue weighted by Crippen LogP contribution is -2.41. The average Bonchev–Trinajstić information content (AvgIpc) is 2.86. The standard InChI is InChI=1S/C19H16ClN3O3/c1-19(14-4-6-15(20)7-5-14)17(24)23(18(25)22-19)10-11-26-16-8-2-13(12-21)3-9-16/h2-9H,10-11H2,1H3,(H,22,25). The molecule has 2 aromatic rings. The maximum atomic E-state index is 12.8. The summed E-state index contributed by atoms with van der Waals surface area (Å²) in [5.41, 5.74) is 0.0665. The van der Waals surface area contributed by atoms with Crippen LogP contribution in [0.3, 0.4) is 0 Å². The summed E-state index contributed by atoms with van der Waals surface area (Å²) in [6, 6.07) is 15.0. The fourth-order valence-corrected chi connectivity index (χ4v) is 2.89. The molecule has 1 aliphatic heterocycles. The van der Waals surface area contributed by atoms with Crippen LogP contribution in [-0.2, 0) is 10.3 Å². The Kier molecular flexibility index (Phi) is 4.83. The molecule has 26 heavy (non-hydrogen) atoms. The molecule has 1 aliphatic rings. The minimum atomic E-state index is -1.13. The van der Waals surface area contributed by atoms with Crippen LogP contribution in [0.4, 0.5) is 4.79 Å². The number of carbonyl (C=O) groups excluding carboxylic acids is 2. The minimum absolute atomic E-state index is 0.119. The van der Waals surface area contributed by atoms with Crippen molar-refractivity contribution in [2.75, 3.05) is 13.2 Å². The predicted molar refractivity (Wildman–Crippen MR) is 95.7 cm³/mol. The van der Waals surface area contributed by atoms with Gasteiger partial charge in [0, 0.05) is 5.02 Å². The zero-order valence-corrected chi connectivity index (χ0v) is 14.8. The number of ether oxygens (including phenoxy) is 1. The highest BCUT2D eigenvalue weighted by Crippen LogP contribution is 2.29. The van der Waals surface area contributed by atoms with E-state index in [4.69, 9.17) is 21.6 Å². The molecule has 1 saturated heterocycles. The number of amides is 3. The van der Waals surface area contributed by atoms with E-state index >= 15 is 0 Å². The summed E-state index contributed by atoms with van der Waals surface area (Å²) >= 11 is 5.89. The molecule has 0 radical (unpaired) electrons. The number of hydrogen-bond acceptors (Lipinski definition) is 4. The number of benzene rings is 2. The van der Waals surface area contributed by atoms with Crippen LogP contribution in [0.2, 0.25) is 5.02 Å². The van der Waals surface area contributed by atoms with Crippen LogP contribution in [0.25, 0.3) is 0 Å². The van der Waals surface area contributed by atoms with Crippen molar-refractivity contribution in [3.8, 4) is 11.8 Å². The predicted octanol–water partition coefficient (Wildman–Crippen LogP) is 3.06. The van der Waals surface area contributed by atoms with E-state index in [1.165, 1.54) is 0 Å². The number of nitriles is 1. The SMILES string of the molecule is CC1(c2ccc(Cl)cc2)NC(=O)N(CCOc2ccc(C#N)cc2)C1=O. The Balaban J connectivity index is 1.65. The number of nitrogens with one attached hydrogen (secondary N) is 1. The normalized spacial score (nSPS) is 19.2. The Labute approximate surface area is 155 Å². The number of imide groups is 1. The highest BCUT2D eigenvalue weighted by molar-refractivity contribution is 6.30. The highest BCUT2D eigenvalue weighted by Gasteiger charge is 2.48. The van der Waals surface area contributed by atoms with E-state index in [1.807, 2.05) is 6.07 Å². The van der Waals surface area contributed by atoms with Crippen LogP contribution in [0, 0.1) is 11.3 Å². The first-order valence-corrected chi connectivity index (χ1v) is 8.35. The van der Waals surface area contributed by atoms with E-state index < -0.39 is 11.6 Å². The van der Waals surface area contributed by atoms with Gasteiger partial charge in [0.2, 0.25) is 0 Å². The number of hydrogen-bond donors (Lipinski definition) is 1. The van der Waals surface area contributed by atoms with Gasteiger partial charge in [-0.3, -0.25) is 9.69 Å². The topological polar surface area (TPSA) is 82.4 Å². The van der Waals surface area contributed by atoms with E-state index in [-0.39, 0.29) is 19.1 Å². The van der Waals surface area contributed by atoms with Crippen molar-refractivity contribution >= 4 is 23.5 Å². The van der Waals surface area contributed by atoms with Crippen molar-refractivity contribution < 1.29 is 14.3 Å². The number of nitrogens with zero attached hydrogens (tertiary/aromatic N) is 2. The molecular weight excluding hydrogens is 354 g/mol. The van der Waals surface area contributed by atoms with Crippen LogP contribution in [0.1, 0.15) is 18.1 Å². The Morgan fingerprint density at radius 2 is 1.81 bits per heavy atom. The average molecular weight is 370 g/mol. The third-order valence-corrected chi connectivity index (χ3v) is 4.52. The van der Waals surface area contributed by atoms with Crippen molar-refractivity contribution in [1.29, 1.82) is 5.26 Å². The van der Waals surface area contributed by atoms with Crippen molar-refractivity contribution in [2.24, 2.45) is 0 Å². The molecule has 0 aliphatic carbocycles. The fraction of sp³-hybridized carbons (Fsp3) is 0.211. The highest BCUT2D eigenvalue weighted by atomic mass is 35.5. The number of rotatable bonds is 5. The van der Waals surface area contributed by atoms with Crippen LogP contribution in [0.15, 0.2) is 48.5 Å². The van der Waals surface area contributed by atoms with Crippen molar-refractivity contribution in [3.63, 3.8) is 0 Å². The molecule has 1 heterocycles. The van der Waals surface area contributed by atoms with Crippen LogP contribution in [0.5, 0.6) is 5.75 Å². The first kappa shape index (κ1) is 17.8. The van der Waals surface area contributed by atoms with Gasteiger partial charge >= 0.3 is 6.03 Å². The van der Waals surface area contributed by atoms with Crippen LogP contribution < -0.4 is 10.1 Å². The molecule has 3 rings (SSSR count). The number of urea groups is 1. The van der Waals surface area contributed by atoms with Crippen molar-refractivity contribution in [3.05, 3.63) is 64.7 Å². The zero-order chi connectivity index (χ0) is 18.7. The van der Waals surface area contributed by atoms with Gasteiger partial charge in [-0.15, -0.1) is 0 Å². The second-order valence-corrected chi connectivity index (χ2v) is 6.44. The molecule has 7 heteroatoms. The molecule has 0 bridgehead atoms. The second kappa shape index (κ2) is 7.06. The molecule has 0 saturated carbocycles. The van der Waals surface area contributed by atoms with Crippen LogP contribution >= 0.6 is 11.6 Å². The van der Waals surface area contributed by atoms with Gasteiger partial charge in [-0.25, -0.2) is 4.79 Å². The second-order valence-electron chi connectivity index (χ2n) is 6.00. The Bertz CT molecular complexity index is 874. The summed E-state index contributed by atoms with van der Waals surface area (Å²) in [5.74, 6) is 0.227. The van der Waals surface area contributed by atoms with Gasteiger partial charge in [0.25, 0.3) is 5.91 Å². The first-order chi connectivity index (χ1) is 12.4. The molecule has 0 spiro atoms. The van der Waals surface area contributed by atoms with Gasteiger partial charge in [0.1, 0.15) is 17.9 Å². The summed E-state index contributed by atoms with van der Waals surface area (Å²) in [4.78, 5) is 26.1. The molecule has 132 valence electrons. The number of halogens is 1. The molecule has 1 atom stereocenters.